The molecule has 142 valence electrons. The summed E-state index contributed by atoms with van der Waals surface area (Å²) in [6.45, 7) is -0.350. The van der Waals surface area contributed by atoms with Crippen LogP contribution in [0.4, 0.5) is 0 Å². The van der Waals surface area contributed by atoms with E-state index < -0.39 is 29.1 Å². The summed E-state index contributed by atoms with van der Waals surface area (Å²) in [6.07, 6.45) is 0. The second kappa shape index (κ2) is 7.89. The van der Waals surface area contributed by atoms with Crippen LogP contribution in [-0.2, 0) is 30.9 Å². The number of carbonyl (C=O) groups excluding carboxylic acids is 2. The first kappa shape index (κ1) is 19.1. The number of ether oxygens (including phenoxy) is 1. The maximum Gasteiger partial charge on any atom is 0.328 e. The number of hydrogen-bond acceptors (Lipinski definition) is 7. The summed E-state index contributed by atoms with van der Waals surface area (Å²) in [4.78, 5) is 30.4. The molecule has 8 nitrogen and oxygen atoms in total. The zero-order chi connectivity index (χ0) is 19.4. The summed E-state index contributed by atoms with van der Waals surface area (Å²) in [5.74, 6) is -0.969. The number of rotatable bonds is 6. The Kier molecular flexibility index (Phi) is 5.57. The Labute approximate surface area is 160 Å². The highest BCUT2D eigenvalue weighted by Crippen LogP contribution is 2.22. The minimum atomic E-state index is -3.66. The fourth-order valence-corrected chi connectivity index (χ4v) is 4.43. The van der Waals surface area contributed by atoms with Crippen LogP contribution in [0.3, 0.4) is 0 Å². The molecule has 0 radical (unpaired) electrons. The van der Waals surface area contributed by atoms with Crippen molar-refractivity contribution < 1.29 is 22.7 Å². The van der Waals surface area contributed by atoms with Gasteiger partial charge in [0.05, 0.1) is 11.4 Å². The molecule has 1 aliphatic heterocycles. The third-order valence-corrected chi connectivity index (χ3v) is 6.04. The van der Waals surface area contributed by atoms with Crippen LogP contribution in [0, 0.1) is 0 Å². The average molecular weight is 407 g/mol. The fourth-order valence-electron chi connectivity index (χ4n) is 2.42. The zero-order valence-electron chi connectivity index (χ0n) is 14.4. The average Bonchev–Trinajstić information content (AvgIpc) is 3.24. The lowest BCUT2D eigenvalue weighted by molar-refractivity contribution is -0.150. The van der Waals surface area contributed by atoms with E-state index in [1.165, 1.54) is 22.3 Å². The van der Waals surface area contributed by atoms with E-state index >= 15 is 0 Å². The largest absolute Gasteiger partial charge is 0.454 e. The van der Waals surface area contributed by atoms with Crippen molar-refractivity contribution in [3.8, 4) is 0 Å². The minimum absolute atomic E-state index is 0.0867. The predicted molar refractivity (Wildman–Crippen MR) is 99.9 cm³/mol. The van der Waals surface area contributed by atoms with Crippen molar-refractivity contribution in [2.45, 2.75) is 11.4 Å². The topological polar surface area (TPSA) is 105 Å². The van der Waals surface area contributed by atoms with Gasteiger partial charge in [0.25, 0.3) is 15.9 Å². The van der Waals surface area contributed by atoms with Crippen molar-refractivity contribution in [2.24, 2.45) is 4.99 Å². The summed E-state index contributed by atoms with van der Waals surface area (Å²) < 4.78 is 31.2. The molecular weight excluding hydrogens is 390 g/mol. The molecule has 0 atom stereocenters. The molecule has 0 bridgehead atoms. The quantitative estimate of drug-likeness (QED) is 0.719. The van der Waals surface area contributed by atoms with Crippen molar-refractivity contribution in [3.63, 3.8) is 0 Å². The zero-order valence-corrected chi connectivity index (χ0v) is 16.0. The molecule has 1 aromatic carbocycles. The standard InChI is InChI=1S/C17H17N3O5S2/c1-20(10-12-5-4-8-26-12)15(21)11-25-16(22)9-18-17-13-6-2-3-7-14(13)27(23,24)19-17/h2-8H,9-11H2,1H3,(H,18,19). The number of sulfonamides is 1. The second-order valence-electron chi connectivity index (χ2n) is 5.76. The molecule has 1 aromatic heterocycles. The lowest BCUT2D eigenvalue weighted by Crippen LogP contribution is -2.31. The van der Waals surface area contributed by atoms with E-state index in [1.807, 2.05) is 17.5 Å². The van der Waals surface area contributed by atoms with Crippen molar-refractivity contribution in [2.75, 3.05) is 20.2 Å². The molecule has 0 spiro atoms. The number of amides is 1. The monoisotopic (exact) mass is 407 g/mol. The van der Waals surface area contributed by atoms with Crippen LogP contribution < -0.4 is 4.72 Å². The van der Waals surface area contributed by atoms with Crippen LogP contribution in [0.1, 0.15) is 10.4 Å². The molecule has 2 aromatic rings. The van der Waals surface area contributed by atoms with Gasteiger partial charge < -0.3 is 9.64 Å². The number of thiophene rings is 1. The molecule has 0 fully saturated rings. The van der Waals surface area contributed by atoms with Crippen LogP contribution in [0.2, 0.25) is 0 Å². The first-order valence-electron chi connectivity index (χ1n) is 7.95. The third-order valence-electron chi connectivity index (χ3n) is 3.78. The molecule has 0 aliphatic carbocycles. The normalized spacial score (nSPS) is 15.8. The lowest BCUT2D eigenvalue weighted by Gasteiger charge is -2.15. The van der Waals surface area contributed by atoms with Gasteiger partial charge in [-0.1, -0.05) is 18.2 Å². The number of nitrogens with zero attached hydrogens (tertiary/aromatic N) is 2. The second-order valence-corrected chi connectivity index (χ2v) is 8.44. The SMILES string of the molecule is CN(Cc1cccs1)C(=O)COC(=O)CN=C1NS(=O)(=O)c2ccccc21. The van der Waals surface area contributed by atoms with Crippen molar-refractivity contribution in [3.05, 3.63) is 52.2 Å². The van der Waals surface area contributed by atoms with E-state index in [0.717, 1.165) is 4.88 Å². The molecule has 1 amide bonds. The van der Waals surface area contributed by atoms with E-state index in [1.54, 1.807) is 25.2 Å². The maximum absolute atomic E-state index is 12.0. The Morgan fingerprint density at radius 2 is 2.00 bits per heavy atom. The summed E-state index contributed by atoms with van der Waals surface area (Å²) in [5, 5.41) is 1.92. The van der Waals surface area contributed by atoms with Gasteiger partial charge >= 0.3 is 5.97 Å². The van der Waals surface area contributed by atoms with Gasteiger partial charge in [0.2, 0.25) is 0 Å². The Morgan fingerprint density at radius 3 is 2.74 bits per heavy atom. The number of fused-ring (bicyclic) bond motifs is 1. The summed E-state index contributed by atoms with van der Waals surface area (Å²) in [5.41, 5.74) is 0.400. The highest BCUT2D eigenvalue weighted by atomic mass is 32.2. The molecule has 10 heteroatoms. The number of nitrogens with one attached hydrogen (secondary N) is 1. The van der Waals surface area contributed by atoms with E-state index in [2.05, 4.69) is 9.71 Å². The highest BCUT2D eigenvalue weighted by molar-refractivity contribution is 7.90. The minimum Gasteiger partial charge on any atom is -0.454 e. The van der Waals surface area contributed by atoms with Gasteiger partial charge in [-0.3, -0.25) is 19.3 Å². The molecule has 27 heavy (non-hydrogen) atoms. The molecule has 1 N–H and O–H groups in total. The predicted octanol–water partition coefficient (Wildman–Crippen LogP) is 0.988. The van der Waals surface area contributed by atoms with Gasteiger partial charge in [0.1, 0.15) is 12.4 Å². The van der Waals surface area contributed by atoms with Crippen molar-refractivity contribution >= 4 is 39.1 Å². The number of likely N-dealkylation sites (N-methyl/N-ethyl adjacent to an activating group) is 1. The van der Waals surface area contributed by atoms with Gasteiger partial charge in [-0.15, -0.1) is 11.3 Å². The van der Waals surface area contributed by atoms with Crippen LogP contribution in [0.15, 0.2) is 51.7 Å². The van der Waals surface area contributed by atoms with Crippen LogP contribution >= 0.6 is 11.3 Å². The van der Waals surface area contributed by atoms with Crippen molar-refractivity contribution in [1.82, 2.24) is 9.62 Å². The van der Waals surface area contributed by atoms with E-state index in [4.69, 9.17) is 4.74 Å². The number of esters is 1. The number of benzene rings is 1. The van der Waals surface area contributed by atoms with E-state index in [9.17, 15) is 18.0 Å². The number of aliphatic imine (C=N–C) groups is 1. The number of hydrogen-bond donors (Lipinski definition) is 1. The van der Waals surface area contributed by atoms with Crippen molar-refractivity contribution in [1.29, 1.82) is 0 Å². The summed E-state index contributed by atoms with van der Waals surface area (Å²) >= 11 is 1.53. The molecule has 0 saturated carbocycles. The van der Waals surface area contributed by atoms with Crippen LogP contribution in [0.25, 0.3) is 0 Å². The first-order valence-corrected chi connectivity index (χ1v) is 10.3. The van der Waals surface area contributed by atoms with Crippen LogP contribution in [0.5, 0.6) is 0 Å². The Morgan fingerprint density at radius 1 is 1.22 bits per heavy atom. The van der Waals surface area contributed by atoms with E-state index in [0.29, 0.717) is 12.1 Å². The first-order chi connectivity index (χ1) is 12.9. The van der Waals surface area contributed by atoms with Gasteiger partial charge in [0, 0.05) is 17.5 Å². The van der Waals surface area contributed by atoms with Gasteiger partial charge in [-0.2, -0.15) is 0 Å². The van der Waals surface area contributed by atoms with Gasteiger partial charge in [-0.25, -0.2) is 8.42 Å². The molecule has 0 unspecified atom stereocenters. The van der Waals surface area contributed by atoms with E-state index in [-0.39, 0.29) is 16.6 Å². The summed E-state index contributed by atoms with van der Waals surface area (Å²) in [7, 11) is -2.03. The molecule has 3 rings (SSSR count). The lowest BCUT2D eigenvalue weighted by atomic mass is 10.2. The smallest absolute Gasteiger partial charge is 0.328 e. The highest BCUT2D eigenvalue weighted by Gasteiger charge is 2.30. The Balaban J connectivity index is 1.53. The van der Waals surface area contributed by atoms with Crippen LogP contribution in [-0.4, -0.2) is 51.2 Å². The molecule has 0 saturated heterocycles. The fraction of sp³-hybridized carbons (Fsp3) is 0.235. The number of amidine groups is 1. The molecular formula is C17H17N3O5S2. The maximum atomic E-state index is 12.0. The third kappa shape index (κ3) is 4.52. The Hall–Kier alpha value is -2.72. The number of carbonyl (C=O) groups is 2. The van der Waals surface area contributed by atoms with Gasteiger partial charge in [0.15, 0.2) is 6.61 Å². The van der Waals surface area contributed by atoms with Gasteiger partial charge in [-0.05, 0) is 23.6 Å². The molecule has 1 aliphatic rings. The molecule has 2 heterocycles. The summed E-state index contributed by atoms with van der Waals surface area (Å²) in [6, 6.07) is 10.1. The Bertz CT molecular complexity index is 984.